The van der Waals surface area contributed by atoms with Gasteiger partial charge >= 0.3 is 0 Å². The molecule has 2 heterocycles. The predicted octanol–water partition coefficient (Wildman–Crippen LogP) is 2.47. The van der Waals surface area contributed by atoms with Crippen LogP contribution in [-0.2, 0) is 4.74 Å². The lowest BCUT2D eigenvalue weighted by Gasteiger charge is -2.42. The SMILES string of the molecule is CC1CNC(C)(CC2CCN(C(C)C)CC2)OC1. The first-order chi connectivity index (χ1) is 8.48. The van der Waals surface area contributed by atoms with Crippen LogP contribution in [0.25, 0.3) is 0 Å². The highest BCUT2D eigenvalue weighted by Gasteiger charge is 2.34. The minimum absolute atomic E-state index is 0.0722. The van der Waals surface area contributed by atoms with Crippen LogP contribution < -0.4 is 5.32 Å². The number of piperidine rings is 1. The van der Waals surface area contributed by atoms with Gasteiger partial charge in [0.2, 0.25) is 0 Å². The Morgan fingerprint density at radius 3 is 2.50 bits per heavy atom. The van der Waals surface area contributed by atoms with Crippen LogP contribution in [0, 0.1) is 11.8 Å². The van der Waals surface area contributed by atoms with Gasteiger partial charge in [-0.05, 0) is 65.0 Å². The largest absolute Gasteiger partial charge is 0.361 e. The van der Waals surface area contributed by atoms with Gasteiger partial charge in [-0.3, -0.25) is 5.32 Å². The molecular formula is C15H30N2O. The molecule has 0 radical (unpaired) electrons. The van der Waals surface area contributed by atoms with Crippen LogP contribution >= 0.6 is 0 Å². The van der Waals surface area contributed by atoms with E-state index in [4.69, 9.17) is 4.74 Å². The lowest BCUT2D eigenvalue weighted by atomic mass is 9.88. The van der Waals surface area contributed by atoms with Gasteiger partial charge in [0.1, 0.15) is 5.72 Å². The molecule has 2 unspecified atom stereocenters. The summed E-state index contributed by atoms with van der Waals surface area (Å²) in [6.45, 7) is 13.6. The van der Waals surface area contributed by atoms with Crippen molar-refractivity contribution in [3.05, 3.63) is 0 Å². The van der Waals surface area contributed by atoms with E-state index in [0.29, 0.717) is 12.0 Å². The lowest BCUT2D eigenvalue weighted by molar-refractivity contribution is -0.116. The zero-order chi connectivity index (χ0) is 13.2. The van der Waals surface area contributed by atoms with Crippen molar-refractivity contribution in [3.63, 3.8) is 0 Å². The van der Waals surface area contributed by atoms with E-state index in [0.717, 1.165) is 19.1 Å². The quantitative estimate of drug-likeness (QED) is 0.837. The predicted molar refractivity (Wildman–Crippen MR) is 75.6 cm³/mol. The van der Waals surface area contributed by atoms with Gasteiger partial charge in [-0.2, -0.15) is 0 Å². The number of rotatable bonds is 3. The molecule has 0 amide bonds. The Morgan fingerprint density at radius 1 is 1.33 bits per heavy atom. The highest BCUT2D eigenvalue weighted by Crippen LogP contribution is 2.29. The molecule has 0 aliphatic carbocycles. The first-order valence-electron chi connectivity index (χ1n) is 7.61. The van der Waals surface area contributed by atoms with Crippen LogP contribution in [0.4, 0.5) is 0 Å². The zero-order valence-corrected chi connectivity index (χ0v) is 12.5. The number of hydrogen-bond acceptors (Lipinski definition) is 3. The molecule has 2 atom stereocenters. The summed E-state index contributed by atoms with van der Waals surface area (Å²) in [6, 6.07) is 0.700. The molecule has 0 spiro atoms. The van der Waals surface area contributed by atoms with E-state index in [1.807, 2.05) is 0 Å². The Morgan fingerprint density at radius 2 is 2.00 bits per heavy atom. The maximum Gasteiger partial charge on any atom is 0.116 e. The molecule has 1 N–H and O–H groups in total. The third-order valence-electron chi connectivity index (χ3n) is 4.57. The van der Waals surface area contributed by atoms with Gasteiger partial charge in [0.25, 0.3) is 0 Å². The third kappa shape index (κ3) is 3.69. The Labute approximate surface area is 112 Å². The number of likely N-dealkylation sites (tertiary alicyclic amines) is 1. The highest BCUT2D eigenvalue weighted by atomic mass is 16.5. The maximum absolute atomic E-state index is 6.03. The molecule has 2 aliphatic rings. The first-order valence-corrected chi connectivity index (χ1v) is 7.61. The summed E-state index contributed by atoms with van der Waals surface area (Å²) in [5, 5.41) is 3.59. The summed E-state index contributed by atoms with van der Waals surface area (Å²) in [5.74, 6) is 1.48. The van der Waals surface area contributed by atoms with Crippen molar-refractivity contribution in [2.75, 3.05) is 26.2 Å². The number of nitrogens with one attached hydrogen (secondary N) is 1. The summed E-state index contributed by atoms with van der Waals surface area (Å²) >= 11 is 0. The van der Waals surface area contributed by atoms with Gasteiger partial charge in [-0.1, -0.05) is 6.92 Å². The van der Waals surface area contributed by atoms with Gasteiger partial charge < -0.3 is 9.64 Å². The molecule has 106 valence electrons. The minimum Gasteiger partial charge on any atom is -0.361 e. The standard InChI is InChI=1S/C15H30N2O/c1-12(2)17-7-5-14(6-8-17)9-15(4)16-10-13(3)11-18-15/h12-14,16H,5-11H2,1-4H3. The molecule has 2 rings (SSSR count). The average molecular weight is 254 g/mol. The smallest absolute Gasteiger partial charge is 0.116 e. The van der Waals surface area contributed by atoms with Crippen LogP contribution in [0.2, 0.25) is 0 Å². The summed E-state index contributed by atoms with van der Waals surface area (Å²) in [4.78, 5) is 2.59. The molecule has 2 aliphatic heterocycles. The fourth-order valence-corrected chi connectivity index (χ4v) is 3.18. The van der Waals surface area contributed by atoms with E-state index >= 15 is 0 Å². The van der Waals surface area contributed by atoms with E-state index in [2.05, 4.69) is 37.9 Å². The number of nitrogens with zero attached hydrogens (tertiary/aromatic N) is 1. The van der Waals surface area contributed by atoms with Crippen molar-refractivity contribution in [1.82, 2.24) is 10.2 Å². The van der Waals surface area contributed by atoms with Crippen molar-refractivity contribution in [3.8, 4) is 0 Å². The van der Waals surface area contributed by atoms with E-state index in [9.17, 15) is 0 Å². The Bertz CT molecular complexity index is 251. The number of hydrogen-bond donors (Lipinski definition) is 1. The molecule has 2 fully saturated rings. The molecule has 2 saturated heterocycles. The first kappa shape index (κ1) is 14.3. The summed E-state index contributed by atoms with van der Waals surface area (Å²) in [7, 11) is 0. The summed E-state index contributed by atoms with van der Waals surface area (Å²) in [6.07, 6.45) is 3.83. The van der Waals surface area contributed by atoms with Crippen LogP contribution in [0.15, 0.2) is 0 Å². The van der Waals surface area contributed by atoms with E-state index in [1.54, 1.807) is 0 Å². The van der Waals surface area contributed by atoms with Crippen molar-refractivity contribution < 1.29 is 4.74 Å². The van der Waals surface area contributed by atoms with Gasteiger partial charge in [-0.25, -0.2) is 0 Å². The summed E-state index contributed by atoms with van der Waals surface area (Å²) < 4.78 is 6.03. The second-order valence-electron chi connectivity index (χ2n) is 6.81. The van der Waals surface area contributed by atoms with Crippen molar-refractivity contribution in [2.24, 2.45) is 11.8 Å². The van der Waals surface area contributed by atoms with Crippen molar-refractivity contribution >= 4 is 0 Å². The molecule has 18 heavy (non-hydrogen) atoms. The van der Waals surface area contributed by atoms with Crippen LogP contribution in [0.1, 0.15) is 47.0 Å². The third-order valence-corrected chi connectivity index (χ3v) is 4.57. The fraction of sp³-hybridized carbons (Fsp3) is 1.00. The molecule has 3 nitrogen and oxygen atoms in total. The topological polar surface area (TPSA) is 24.5 Å². The lowest BCUT2D eigenvalue weighted by Crippen LogP contribution is -2.54. The van der Waals surface area contributed by atoms with Crippen LogP contribution in [0.3, 0.4) is 0 Å². The molecule has 0 bridgehead atoms. The van der Waals surface area contributed by atoms with E-state index < -0.39 is 0 Å². The van der Waals surface area contributed by atoms with Gasteiger partial charge in [0.15, 0.2) is 0 Å². The number of ether oxygens (including phenoxy) is 1. The molecule has 0 aromatic rings. The van der Waals surface area contributed by atoms with Crippen molar-refractivity contribution in [2.45, 2.75) is 58.7 Å². The van der Waals surface area contributed by atoms with Crippen LogP contribution in [0.5, 0.6) is 0 Å². The fourth-order valence-electron chi connectivity index (χ4n) is 3.18. The van der Waals surface area contributed by atoms with Gasteiger partial charge in [-0.15, -0.1) is 0 Å². The average Bonchev–Trinajstić information content (AvgIpc) is 2.34. The Hall–Kier alpha value is -0.120. The van der Waals surface area contributed by atoms with Crippen molar-refractivity contribution in [1.29, 1.82) is 0 Å². The second-order valence-corrected chi connectivity index (χ2v) is 6.81. The molecule has 3 heteroatoms. The normalized spacial score (nSPS) is 36.2. The zero-order valence-electron chi connectivity index (χ0n) is 12.5. The Kier molecular flexibility index (Phi) is 4.68. The summed E-state index contributed by atoms with van der Waals surface area (Å²) in [5.41, 5.74) is -0.0722. The maximum atomic E-state index is 6.03. The Balaban J connectivity index is 1.77. The second kappa shape index (κ2) is 5.89. The molecule has 0 aromatic heterocycles. The highest BCUT2D eigenvalue weighted by molar-refractivity contribution is 4.84. The van der Waals surface area contributed by atoms with Crippen LogP contribution in [-0.4, -0.2) is 42.9 Å². The van der Waals surface area contributed by atoms with E-state index in [1.165, 1.54) is 32.4 Å². The van der Waals surface area contributed by atoms with Gasteiger partial charge in [0, 0.05) is 12.6 Å². The minimum atomic E-state index is -0.0722. The molecule has 0 saturated carbocycles. The van der Waals surface area contributed by atoms with Gasteiger partial charge in [0.05, 0.1) is 6.61 Å². The van der Waals surface area contributed by atoms with E-state index in [-0.39, 0.29) is 5.72 Å². The monoisotopic (exact) mass is 254 g/mol. The molecule has 0 aromatic carbocycles. The molecular weight excluding hydrogens is 224 g/mol.